The summed E-state index contributed by atoms with van der Waals surface area (Å²) >= 11 is 0. The molecule has 2 rings (SSSR count). The minimum absolute atomic E-state index is 0.140. The summed E-state index contributed by atoms with van der Waals surface area (Å²) in [6, 6.07) is 3.24. The largest absolute Gasteiger partial charge is 0.468 e. The summed E-state index contributed by atoms with van der Waals surface area (Å²) in [5.41, 5.74) is -0.672. The minimum atomic E-state index is -4.46. The Balaban J connectivity index is 2.19. The highest BCUT2D eigenvalue weighted by molar-refractivity contribution is 6.15. The van der Waals surface area contributed by atoms with Gasteiger partial charge in [0.1, 0.15) is 12.2 Å². The molecule has 1 fully saturated rings. The Morgan fingerprint density at radius 1 is 1.26 bits per heavy atom. The molecule has 1 aromatic carbocycles. The predicted octanol–water partition coefficient (Wildman–Crippen LogP) is 1.77. The fourth-order valence-electron chi connectivity index (χ4n) is 1.84. The Morgan fingerprint density at radius 3 is 2.39 bits per heavy atom. The molecule has 0 atom stereocenters. The van der Waals surface area contributed by atoms with Gasteiger partial charge in [-0.05, 0) is 23.8 Å². The number of urea groups is 1. The third-order valence-electron chi connectivity index (χ3n) is 3.03. The van der Waals surface area contributed by atoms with E-state index in [2.05, 4.69) is 10.1 Å². The molecule has 1 aliphatic rings. The third kappa shape index (κ3) is 3.68. The van der Waals surface area contributed by atoms with Crippen molar-refractivity contribution >= 4 is 24.0 Å². The number of amides is 3. The van der Waals surface area contributed by atoms with Crippen LogP contribution in [0.15, 0.2) is 30.0 Å². The summed E-state index contributed by atoms with van der Waals surface area (Å²) in [7, 11) is 1.11. The molecular weight excluding hydrogens is 317 g/mol. The lowest BCUT2D eigenvalue weighted by molar-refractivity contribution is -0.143. The number of esters is 1. The molecule has 23 heavy (non-hydrogen) atoms. The summed E-state index contributed by atoms with van der Waals surface area (Å²) in [4.78, 5) is 35.4. The van der Waals surface area contributed by atoms with Crippen molar-refractivity contribution in [3.05, 3.63) is 41.1 Å². The first kappa shape index (κ1) is 16.5. The Kier molecular flexibility index (Phi) is 4.39. The number of hydrogen-bond acceptors (Lipinski definition) is 4. The van der Waals surface area contributed by atoms with Gasteiger partial charge in [0.2, 0.25) is 0 Å². The van der Waals surface area contributed by atoms with Gasteiger partial charge in [-0.3, -0.25) is 9.59 Å². The molecule has 0 saturated carbocycles. The Bertz CT molecular complexity index is 680. The first-order chi connectivity index (χ1) is 10.7. The van der Waals surface area contributed by atoms with Crippen molar-refractivity contribution in [2.75, 3.05) is 13.7 Å². The van der Waals surface area contributed by atoms with E-state index in [1.165, 1.54) is 6.08 Å². The number of nitrogens with one attached hydrogen (secondary N) is 1. The molecule has 0 bridgehead atoms. The normalized spacial score (nSPS) is 16.7. The molecule has 1 N–H and O–H groups in total. The highest BCUT2D eigenvalue weighted by Gasteiger charge is 2.35. The van der Waals surface area contributed by atoms with Crippen molar-refractivity contribution in [3.8, 4) is 0 Å². The van der Waals surface area contributed by atoms with Crippen LogP contribution in [0.4, 0.5) is 18.0 Å². The highest BCUT2D eigenvalue weighted by Crippen LogP contribution is 2.29. The minimum Gasteiger partial charge on any atom is -0.468 e. The van der Waals surface area contributed by atoms with Crippen molar-refractivity contribution in [3.63, 3.8) is 0 Å². The number of benzene rings is 1. The summed E-state index contributed by atoms with van der Waals surface area (Å²) in [6.07, 6.45) is -3.24. The number of carbonyl (C=O) groups is 3. The van der Waals surface area contributed by atoms with Crippen molar-refractivity contribution in [2.45, 2.75) is 6.18 Å². The average molecular weight is 328 g/mol. The molecule has 0 aliphatic carbocycles. The lowest BCUT2D eigenvalue weighted by Gasteiger charge is -2.09. The van der Waals surface area contributed by atoms with Gasteiger partial charge < -0.3 is 10.1 Å². The van der Waals surface area contributed by atoms with Crippen LogP contribution >= 0.6 is 0 Å². The van der Waals surface area contributed by atoms with Crippen LogP contribution in [0.1, 0.15) is 11.1 Å². The van der Waals surface area contributed by atoms with E-state index in [1.807, 2.05) is 0 Å². The average Bonchev–Trinajstić information content (AvgIpc) is 2.74. The van der Waals surface area contributed by atoms with Crippen LogP contribution in [-0.4, -0.2) is 36.5 Å². The topological polar surface area (TPSA) is 75.7 Å². The van der Waals surface area contributed by atoms with Crippen molar-refractivity contribution in [1.29, 1.82) is 0 Å². The molecule has 1 heterocycles. The second-order valence-electron chi connectivity index (χ2n) is 4.58. The fraction of sp³-hybridized carbons (Fsp3) is 0.214. The Morgan fingerprint density at radius 2 is 1.87 bits per heavy atom. The standard InChI is InChI=1S/C14H11F3N2O4/c1-23-11(20)7-19-12(21)10(18-13(19)22)6-8-2-4-9(5-3-8)14(15,16)17/h2-6H,7H2,1H3,(H,18,22). The van der Waals surface area contributed by atoms with E-state index in [0.717, 1.165) is 31.4 Å². The monoisotopic (exact) mass is 328 g/mol. The summed E-state index contributed by atoms with van der Waals surface area (Å²) in [5.74, 6) is -1.54. The molecule has 3 amide bonds. The number of hydrogen-bond donors (Lipinski definition) is 1. The molecule has 1 aromatic rings. The summed E-state index contributed by atoms with van der Waals surface area (Å²) < 4.78 is 41.8. The SMILES string of the molecule is COC(=O)CN1C(=O)NC(=Cc2ccc(C(F)(F)F)cc2)C1=O. The van der Waals surface area contributed by atoms with Crippen LogP contribution in [0.25, 0.3) is 6.08 Å². The zero-order valence-electron chi connectivity index (χ0n) is 11.8. The Labute approximate surface area is 128 Å². The first-order valence-electron chi connectivity index (χ1n) is 6.31. The van der Waals surface area contributed by atoms with Gasteiger partial charge in [0.25, 0.3) is 5.91 Å². The lowest BCUT2D eigenvalue weighted by atomic mass is 10.1. The molecule has 6 nitrogen and oxygen atoms in total. The van der Waals surface area contributed by atoms with Crippen molar-refractivity contribution in [1.82, 2.24) is 10.2 Å². The third-order valence-corrected chi connectivity index (χ3v) is 3.03. The van der Waals surface area contributed by atoms with E-state index in [1.54, 1.807) is 0 Å². The zero-order valence-corrected chi connectivity index (χ0v) is 11.8. The number of carbonyl (C=O) groups excluding carboxylic acids is 3. The van der Waals surface area contributed by atoms with Crippen LogP contribution in [0.5, 0.6) is 0 Å². The fourth-order valence-corrected chi connectivity index (χ4v) is 1.84. The van der Waals surface area contributed by atoms with E-state index in [9.17, 15) is 27.6 Å². The molecule has 122 valence electrons. The van der Waals surface area contributed by atoms with E-state index in [0.29, 0.717) is 10.5 Å². The second kappa shape index (κ2) is 6.11. The van der Waals surface area contributed by atoms with E-state index < -0.39 is 36.2 Å². The second-order valence-corrected chi connectivity index (χ2v) is 4.58. The number of methoxy groups -OCH3 is 1. The number of halogens is 3. The van der Waals surface area contributed by atoms with E-state index >= 15 is 0 Å². The van der Waals surface area contributed by atoms with Crippen molar-refractivity contribution in [2.24, 2.45) is 0 Å². The number of nitrogens with zero attached hydrogens (tertiary/aromatic N) is 1. The van der Waals surface area contributed by atoms with E-state index in [-0.39, 0.29) is 5.70 Å². The highest BCUT2D eigenvalue weighted by atomic mass is 19.4. The van der Waals surface area contributed by atoms with Crippen molar-refractivity contribution < 1.29 is 32.3 Å². The smallest absolute Gasteiger partial charge is 0.416 e. The molecular formula is C14H11F3N2O4. The number of imide groups is 1. The van der Waals surface area contributed by atoms with Gasteiger partial charge in [-0.2, -0.15) is 13.2 Å². The van der Waals surface area contributed by atoms with Gasteiger partial charge in [-0.15, -0.1) is 0 Å². The van der Waals surface area contributed by atoms with Gasteiger partial charge in [0, 0.05) is 0 Å². The van der Waals surface area contributed by atoms with Crippen LogP contribution in [0.2, 0.25) is 0 Å². The molecule has 0 unspecified atom stereocenters. The number of alkyl halides is 3. The summed E-state index contributed by atoms with van der Waals surface area (Å²) in [6.45, 7) is -0.550. The van der Waals surface area contributed by atoms with Crippen LogP contribution in [0, 0.1) is 0 Å². The number of rotatable bonds is 3. The number of ether oxygens (including phenoxy) is 1. The van der Waals surface area contributed by atoms with Crippen LogP contribution in [0.3, 0.4) is 0 Å². The maximum absolute atomic E-state index is 12.5. The van der Waals surface area contributed by atoms with Crippen LogP contribution < -0.4 is 5.32 Å². The quantitative estimate of drug-likeness (QED) is 0.521. The summed E-state index contributed by atoms with van der Waals surface area (Å²) in [5, 5.41) is 2.25. The first-order valence-corrected chi connectivity index (χ1v) is 6.31. The molecule has 0 spiro atoms. The van der Waals surface area contributed by atoms with E-state index in [4.69, 9.17) is 0 Å². The predicted molar refractivity (Wildman–Crippen MR) is 71.7 cm³/mol. The molecule has 1 saturated heterocycles. The molecule has 0 aromatic heterocycles. The molecule has 1 aliphatic heterocycles. The maximum Gasteiger partial charge on any atom is 0.416 e. The van der Waals surface area contributed by atoms with Gasteiger partial charge in [-0.1, -0.05) is 12.1 Å². The molecule has 9 heteroatoms. The van der Waals surface area contributed by atoms with Gasteiger partial charge >= 0.3 is 18.2 Å². The molecule has 0 radical (unpaired) electrons. The van der Waals surface area contributed by atoms with Gasteiger partial charge in [-0.25, -0.2) is 9.69 Å². The zero-order chi connectivity index (χ0) is 17.2. The Hall–Kier alpha value is -2.84. The van der Waals surface area contributed by atoms with Gasteiger partial charge in [0.15, 0.2) is 0 Å². The maximum atomic E-state index is 12.5. The van der Waals surface area contributed by atoms with Gasteiger partial charge in [0.05, 0.1) is 12.7 Å². The lowest BCUT2D eigenvalue weighted by Crippen LogP contribution is -2.36. The van der Waals surface area contributed by atoms with Crippen LogP contribution in [-0.2, 0) is 20.5 Å².